The molecule has 0 saturated heterocycles. The lowest BCUT2D eigenvalue weighted by atomic mass is 10.0. The van der Waals surface area contributed by atoms with E-state index in [-0.39, 0.29) is 0 Å². The minimum absolute atomic E-state index is 0.502. The molecule has 2 rings (SSSR count). The molecule has 2 atom stereocenters. The Hall–Kier alpha value is -0.340. The Kier molecular flexibility index (Phi) is 5.25. The normalized spacial score (nSPS) is 18.6. The number of rotatable bonds is 7. The van der Waals surface area contributed by atoms with Crippen molar-refractivity contribution in [3.8, 4) is 0 Å². The SMILES string of the molecule is CCC(CC1CC1)NC(CC)c1ccc(Br)cc1. The van der Waals surface area contributed by atoms with Gasteiger partial charge >= 0.3 is 0 Å². The monoisotopic (exact) mass is 309 g/mol. The van der Waals surface area contributed by atoms with Crippen molar-refractivity contribution in [1.82, 2.24) is 5.32 Å². The summed E-state index contributed by atoms with van der Waals surface area (Å²) in [5, 5.41) is 3.85. The lowest BCUT2D eigenvalue weighted by Gasteiger charge is -2.24. The molecule has 1 nitrogen and oxygen atoms in total. The van der Waals surface area contributed by atoms with Gasteiger partial charge in [0.1, 0.15) is 0 Å². The van der Waals surface area contributed by atoms with Crippen molar-refractivity contribution in [2.24, 2.45) is 5.92 Å². The van der Waals surface area contributed by atoms with E-state index in [9.17, 15) is 0 Å². The van der Waals surface area contributed by atoms with Gasteiger partial charge in [-0.25, -0.2) is 0 Å². The standard InChI is InChI=1S/C16H24BrN/c1-3-15(11-12-5-6-12)18-16(4-2)13-7-9-14(17)10-8-13/h7-10,12,15-16,18H,3-6,11H2,1-2H3. The van der Waals surface area contributed by atoms with Gasteiger partial charge in [-0.05, 0) is 42.9 Å². The van der Waals surface area contributed by atoms with E-state index in [1.165, 1.54) is 31.2 Å². The summed E-state index contributed by atoms with van der Waals surface area (Å²) in [5.41, 5.74) is 1.41. The van der Waals surface area contributed by atoms with Crippen molar-refractivity contribution in [2.45, 2.75) is 58.0 Å². The molecule has 0 bridgehead atoms. The molecule has 1 saturated carbocycles. The lowest BCUT2D eigenvalue weighted by Crippen LogP contribution is -2.32. The van der Waals surface area contributed by atoms with E-state index in [4.69, 9.17) is 0 Å². The zero-order valence-corrected chi connectivity index (χ0v) is 13.0. The molecule has 0 aliphatic heterocycles. The summed E-state index contributed by atoms with van der Waals surface area (Å²) in [6, 6.07) is 9.93. The molecule has 2 unspecified atom stereocenters. The van der Waals surface area contributed by atoms with E-state index in [2.05, 4.69) is 59.4 Å². The Balaban J connectivity index is 1.96. The van der Waals surface area contributed by atoms with Gasteiger partial charge in [0.05, 0.1) is 0 Å². The second-order valence-corrected chi connectivity index (χ2v) is 6.38. The van der Waals surface area contributed by atoms with Crippen LogP contribution in [0.25, 0.3) is 0 Å². The molecular weight excluding hydrogens is 286 g/mol. The molecule has 2 heteroatoms. The van der Waals surface area contributed by atoms with E-state index in [0.717, 1.165) is 16.8 Å². The second-order valence-electron chi connectivity index (χ2n) is 5.46. The molecule has 0 amide bonds. The van der Waals surface area contributed by atoms with Crippen LogP contribution in [0.2, 0.25) is 0 Å². The molecule has 0 spiro atoms. The smallest absolute Gasteiger partial charge is 0.0320 e. The molecule has 1 N–H and O–H groups in total. The summed E-state index contributed by atoms with van der Waals surface area (Å²) in [7, 11) is 0. The van der Waals surface area contributed by atoms with Crippen LogP contribution in [-0.4, -0.2) is 6.04 Å². The average Bonchev–Trinajstić information content (AvgIpc) is 3.19. The maximum absolute atomic E-state index is 3.85. The summed E-state index contributed by atoms with van der Waals surface area (Å²) in [4.78, 5) is 0. The maximum atomic E-state index is 3.85. The van der Waals surface area contributed by atoms with E-state index < -0.39 is 0 Å². The zero-order chi connectivity index (χ0) is 13.0. The van der Waals surface area contributed by atoms with Crippen molar-refractivity contribution < 1.29 is 0 Å². The molecule has 0 heterocycles. The molecular formula is C16H24BrN. The first kappa shape index (κ1) is 14.1. The number of nitrogens with one attached hydrogen (secondary N) is 1. The summed E-state index contributed by atoms with van der Waals surface area (Å²) in [6.45, 7) is 4.57. The highest BCUT2D eigenvalue weighted by atomic mass is 79.9. The van der Waals surface area contributed by atoms with Crippen LogP contribution < -0.4 is 5.32 Å². The Morgan fingerprint density at radius 2 is 1.83 bits per heavy atom. The molecule has 1 fully saturated rings. The van der Waals surface area contributed by atoms with Crippen molar-refractivity contribution >= 4 is 15.9 Å². The zero-order valence-electron chi connectivity index (χ0n) is 11.5. The summed E-state index contributed by atoms with van der Waals surface area (Å²) in [5.74, 6) is 1.00. The van der Waals surface area contributed by atoms with Gasteiger partial charge < -0.3 is 5.32 Å². The van der Waals surface area contributed by atoms with Crippen molar-refractivity contribution in [3.05, 3.63) is 34.3 Å². The fourth-order valence-corrected chi connectivity index (χ4v) is 2.80. The number of benzene rings is 1. The van der Waals surface area contributed by atoms with E-state index in [1.54, 1.807) is 0 Å². The third-order valence-electron chi connectivity index (χ3n) is 3.93. The molecule has 0 aromatic heterocycles. The van der Waals surface area contributed by atoms with Crippen LogP contribution in [0.5, 0.6) is 0 Å². The maximum Gasteiger partial charge on any atom is 0.0320 e. The third-order valence-corrected chi connectivity index (χ3v) is 4.45. The quantitative estimate of drug-likeness (QED) is 0.741. The highest BCUT2D eigenvalue weighted by molar-refractivity contribution is 9.10. The van der Waals surface area contributed by atoms with Crippen LogP contribution in [0.3, 0.4) is 0 Å². The van der Waals surface area contributed by atoms with Crippen LogP contribution in [-0.2, 0) is 0 Å². The summed E-state index contributed by atoms with van der Waals surface area (Å²) < 4.78 is 1.16. The second kappa shape index (κ2) is 6.72. The number of halogens is 1. The predicted octanol–water partition coefficient (Wildman–Crippen LogP) is 5.07. The van der Waals surface area contributed by atoms with E-state index in [1.807, 2.05) is 0 Å². The average molecular weight is 310 g/mol. The van der Waals surface area contributed by atoms with Crippen LogP contribution in [0.15, 0.2) is 28.7 Å². The molecule has 1 aliphatic carbocycles. The predicted molar refractivity (Wildman–Crippen MR) is 81.7 cm³/mol. The van der Waals surface area contributed by atoms with Crippen LogP contribution in [0, 0.1) is 5.92 Å². The molecule has 1 aromatic carbocycles. The highest BCUT2D eigenvalue weighted by Crippen LogP contribution is 2.34. The third kappa shape index (κ3) is 4.10. The Morgan fingerprint density at radius 1 is 1.17 bits per heavy atom. The Morgan fingerprint density at radius 3 is 2.33 bits per heavy atom. The van der Waals surface area contributed by atoms with Crippen LogP contribution in [0.1, 0.15) is 57.6 Å². The molecule has 0 radical (unpaired) electrons. The fourth-order valence-electron chi connectivity index (χ4n) is 2.54. The van der Waals surface area contributed by atoms with Gasteiger partial charge in [-0.3, -0.25) is 0 Å². The van der Waals surface area contributed by atoms with Gasteiger partial charge in [0.25, 0.3) is 0 Å². The van der Waals surface area contributed by atoms with Gasteiger partial charge in [0.2, 0.25) is 0 Å². The Labute approximate surface area is 119 Å². The lowest BCUT2D eigenvalue weighted by molar-refractivity contribution is 0.383. The molecule has 1 aliphatic rings. The van der Waals surface area contributed by atoms with E-state index in [0.29, 0.717) is 12.1 Å². The van der Waals surface area contributed by atoms with Crippen LogP contribution >= 0.6 is 15.9 Å². The topological polar surface area (TPSA) is 12.0 Å². The first-order chi connectivity index (χ1) is 8.72. The van der Waals surface area contributed by atoms with Gasteiger partial charge in [0.15, 0.2) is 0 Å². The van der Waals surface area contributed by atoms with Gasteiger partial charge in [-0.1, -0.05) is 54.8 Å². The van der Waals surface area contributed by atoms with Crippen molar-refractivity contribution in [1.29, 1.82) is 0 Å². The summed E-state index contributed by atoms with van der Waals surface area (Å²) in [6.07, 6.45) is 6.66. The molecule has 100 valence electrons. The largest absolute Gasteiger partial charge is 0.307 e. The van der Waals surface area contributed by atoms with Gasteiger partial charge in [0, 0.05) is 16.6 Å². The number of hydrogen-bond donors (Lipinski definition) is 1. The van der Waals surface area contributed by atoms with E-state index >= 15 is 0 Å². The first-order valence-electron chi connectivity index (χ1n) is 7.24. The summed E-state index contributed by atoms with van der Waals surface area (Å²) >= 11 is 3.50. The Bertz CT molecular complexity index is 356. The molecule has 1 aromatic rings. The highest BCUT2D eigenvalue weighted by Gasteiger charge is 2.25. The minimum atomic E-state index is 0.502. The van der Waals surface area contributed by atoms with Gasteiger partial charge in [-0.2, -0.15) is 0 Å². The minimum Gasteiger partial charge on any atom is -0.307 e. The molecule has 18 heavy (non-hydrogen) atoms. The fraction of sp³-hybridized carbons (Fsp3) is 0.625. The van der Waals surface area contributed by atoms with Gasteiger partial charge in [-0.15, -0.1) is 0 Å². The van der Waals surface area contributed by atoms with Crippen molar-refractivity contribution in [2.75, 3.05) is 0 Å². The van der Waals surface area contributed by atoms with Crippen molar-refractivity contribution in [3.63, 3.8) is 0 Å². The number of hydrogen-bond acceptors (Lipinski definition) is 1. The van der Waals surface area contributed by atoms with Crippen LogP contribution in [0.4, 0.5) is 0 Å². The first-order valence-corrected chi connectivity index (χ1v) is 8.03.